The molecule has 6 heteroatoms. The second-order valence-electron chi connectivity index (χ2n) is 4.93. The predicted octanol–water partition coefficient (Wildman–Crippen LogP) is 1.11. The van der Waals surface area contributed by atoms with Crippen LogP contribution < -0.4 is 20.7 Å². The molecule has 1 fully saturated rings. The number of urea groups is 1. The Morgan fingerprint density at radius 3 is 2.67 bits per heavy atom. The maximum Gasteiger partial charge on any atom is 0.319 e. The van der Waals surface area contributed by atoms with E-state index in [1.807, 2.05) is 31.2 Å². The van der Waals surface area contributed by atoms with Gasteiger partial charge in [0.25, 0.3) is 0 Å². The Balaban J connectivity index is 1.66. The van der Waals surface area contributed by atoms with Crippen LogP contribution in [0.25, 0.3) is 0 Å². The van der Waals surface area contributed by atoms with Crippen LogP contribution in [-0.4, -0.2) is 56.8 Å². The van der Waals surface area contributed by atoms with Crippen molar-refractivity contribution in [2.45, 2.75) is 6.92 Å². The molecular weight excluding hydrogens is 268 g/mol. The van der Waals surface area contributed by atoms with Crippen molar-refractivity contribution in [1.29, 1.82) is 0 Å². The van der Waals surface area contributed by atoms with Gasteiger partial charge >= 0.3 is 6.03 Å². The Morgan fingerprint density at radius 1 is 1.29 bits per heavy atom. The number of ether oxygens (including phenoxy) is 1. The maximum atomic E-state index is 11.8. The van der Waals surface area contributed by atoms with Gasteiger partial charge in [0.1, 0.15) is 5.75 Å². The molecule has 0 unspecified atom stereocenters. The number of rotatable bonds is 6. The lowest BCUT2D eigenvalue weighted by molar-refractivity contribution is 0.233. The summed E-state index contributed by atoms with van der Waals surface area (Å²) >= 11 is 0. The molecule has 1 saturated heterocycles. The van der Waals surface area contributed by atoms with E-state index in [2.05, 4.69) is 20.9 Å². The summed E-state index contributed by atoms with van der Waals surface area (Å²) in [4.78, 5) is 14.1. The third kappa shape index (κ3) is 5.61. The van der Waals surface area contributed by atoms with E-state index < -0.39 is 0 Å². The number of hydrogen-bond acceptors (Lipinski definition) is 4. The summed E-state index contributed by atoms with van der Waals surface area (Å²) in [5.74, 6) is 0.808. The van der Waals surface area contributed by atoms with Crippen LogP contribution in [0.2, 0.25) is 0 Å². The molecule has 2 amide bonds. The quantitative estimate of drug-likeness (QED) is 0.735. The summed E-state index contributed by atoms with van der Waals surface area (Å²) in [7, 11) is 0. The Hall–Kier alpha value is -1.79. The summed E-state index contributed by atoms with van der Waals surface area (Å²) in [5, 5.41) is 9.00. The summed E-state index contributed by atoms with van der Waals surface area (Å²) < 4.78 is 5.36. The first-order valence-electron chi connectivity index (χ1n) is 7.48. The molecule has 21 heavy (non-hydrogen) atoms. The summed E-state index contributed by atoms with van der Waals surface area (Å²) in [6.45, 7) is 8.26. The number of carbonyl (C=O) groups excluding carboxylic acids is 1. The van der Waals surface area contributed by atoms with Gasteiger partial charge in [-0.2, -0.15) is 0 Å². The van der Waals surface area contributed by atoms with Crippen LogP contribution in [-0.2, 0) is 0 Å². The summed E-state index contributed by atoms with van der Waals surface area (Å²) in [6, 6.07) is 7.19. The van der Waals surface area contributed by atoms with Crippen LogP contribution in [0, 0.1) is 0 Å². The fraction of sp³-hybridized carbons (Fsp3) is 0.533. The van der Waals surface area contributed by atoms with E-state index in [0.717, 1.165) is 44.2 Å². The summed E-state index contributed by atoms with van der Waals surface area (Å²) in [6.07, 6.45) is 0. The predicted molar refractivity (Wildman–Crippen MR) is 83.9 cm³/mol. The molecule has 0 aliphatic carbocycles. The van der Waals surface area contributed by atoms with Crippen molar-refractivity contribution in [2.24, 2.45) is 0 Å². The monoisotopic (exact) mass is 292 g/mol. The minimum Gasteiger partial charge on any atom is -0.494 e. The number of piperazine rings is 1. The van der Waals surface area contributed by atoms with Crippen LogP contribution in [0.15, 0.2) is 24.3 Å². The van der Waals surface area contributed by atoms with Crippen molar-refractivity contribution in [2.75, 3.05) is 51.2 Å². The molecule has 1 aromatic carbocycles. The van der Waals surface area contributed by atoms with Crippen LogP contribution in [0.4, 0.5) is 10.5 Å². The number of benzene rings is 1. The van der Waals surface area contributed by atoms with E-state index in [0.29, 0.717) is 13.2 Å². The molecule has 0 spiro atoms. The van der Waals surface area contributed by atoms with Crippen LogP contribution in [0.3, 0.4) is 0 Å². The number of hydrogen-bond donors (Lipinski definition) is 3. The van der Waals surface area contributed by atoms with Gasteiger partial charge in [0, 0.05) is 45.0 Å². The van der Waals surface area contributed by atoms with Crippen molar-refractivity contribution in [1.82, 2.24) is 15.5 Å². The lowest BCUT2D eigenvalue weighted by atomic mass is 10.3. The van der Waals surface area contributed by atoms with E-state index in [4.69, 9.17) is 4.74 Å². The fourth-order valence-electron chi connectivity index (χ4n) is 2.24. The van der Waals surface area contributed by atoms with Crippen molar-refractivity contribution in [3.63, 3.8) is 0 Å². The first-order valence-corrected chi connectivity index (χ1v) is 7.48. The molecule has 0 bridgehead atoms. The number of carbonyl (C=O) groups is 1. The maximum absolute atomic E-state index is 11.8. The lowest BCUT2D eigenvalue weighted by Crippen LogP contribution is -2.46. The second-order valence-corrected chi connectivity index (χ2v) is 4.93. The van der Waals surface area contributed by atoms with Crippen molar-refractivity contribution in [3.8, 4) is 5.75 Å². The van der Waals surface area contributed by atoms with Gasteiger partial charge in [-0.15, -0.1) is 0 Å². The van der Waals surface area contributed by atoms with Crippen LogP contribution in [0.5, 0.6) is 5.75 Å². The highest BCUT2D eigenvalue weighted by molar-refractivity contribution is 5.89. The van der Waals surface area contributed by atoms with E-state index in [-0.39, 0.29) is 6.03 Å². The Morgan fingerprint density at radius 2 is 2.00 bits per heavy atom. The third-order valence-corrected chi connectivity index (χ3v) is 3.35. The van der Waals surface area contributed by atoms with E-state index in [9.17, 15) is 4.79 Å². The minimum absolute atomic E-state index is 0.172. The Labute approximate surface area is 125 Å². The van der Waals surface area contributed by atoms with E-state index >= 15 is 0 Å². The first-order chi connectivity index (χ1) is 10.3. The number of anilines is 1. The molecule has 1 heterocycles. The molecule has 0 atom stereocenters. The molecule has 0 saturated carbocycles. The third-order valence-electron chi connectivity index (χ3n) is 3.35. The van der Waals surface area contributed by atoms with Crippen LogP contribution >= 0.6 is 0 Å². The zero-order valence-corrected chi connectivity index (χ0v) is 12.5. The molecule has 1 aliphatic heterocycles. The Bertz CT molecular complexity index is 430. The number of nitrogens with one attached hydrogen (secondary N) is 3. The SMILES string of the molecule is CCOc1ccc(NC(=O)NCCN2CCNCC2)cc1. The Kier molecular flexibility index (Phi) is 6.30. The van der Waals surface area contributed by atoms with Gasteiger partial charge < -0.3 is 20.7 Å². The van der Waals surface area contributed by atoms with Gasteiger partial charge in [0.15, 0.2) is 0 Å². The van der Waals surface area contributed by atoms with Crippen LogP contribution in [0.1, 0.15) is 6.92 Å². The first kappa shape index (κ1) is 15.6. The fourth-order valence-corrected chi connectivity index (χ4v) is 2.24. The molecule has 2 rings (SSSR count). The smallest absolute Gasteiger partial charge is 0.319 e. The average Bonchev–Trinajstić information content (AvgIpc) is 2.51. The molecule has 6 nitrogen and oxygen atoms in total. The second kappa shape index (κ2) is 8.49. The zero-order valence-electron chi connectivity index (χ0n) is 12.5. The zero-order chi connectivity index (χ0) is 14.9. The molecule has 0 radical (unpaired) electrons. The van der Waals surface area contributed by atoms with Crippen molar-refractivity contribution >= 4 is 11.7 Å². The van der Waals surface area contributed by atoms with Gasteiger partial charge in [-0.25, -0.2) is 4.79 Å². The molecule has 116 valence electrons. The van der Waals surface area contributed by atoms with Gasteiger partial charge in [0.2, 0.25) is 0 Å². The minimum atomic E-state index is -0.172. The molecule has 0 aromatic heterocycles. The van der Waals surface area contributed by atoms with Crippen molar-refractivity contribution < 1.29 is 9.53 Å². The van der Waals surface area contributed by atoms with Gasteiger partial charge in [-0.3, -0.25) is 4.90 Å². The van der Waals surface area contributed by atoms with Gasteiger partial charge in [-0.1, -0.05) is 0 Å². The number of nitrogens with zero attached hydrogens (tertiary/aromatic N) is 1. The lowest BCUT2D eigenvalue weighted by Gasteiger charge is -2.27. The summed E-state index contributed by atoms with van der Waals surface area (Å²) in [5.41, 5.74) is 0.762. The largest absolute Gasteiger partial charge is 0.494 e. The molecular formula is C15H24N4O2. The van der Waals surface area contributed by atoms with Gasteiger partial charge in [0.05, 0.1) is 6.61 Å². The highest BCUT2D eigenvalue weighted by Crippen LogP contribution is 2.15. The topological polar surface area (TPSA) is 65.6 Å². The normalized spacial score (nSPS) is 15.5. The highest BCUT2D eigenvalue weighted by Gasteiger charge is 2.09. The molecule has 1 aromatic rings. The van der Waals surface area contributed by atoms with E-state index in [1.54, 1.807) is 0 Å². The number of amides is 2. The van der Waals surface area contributed by atoms with Crippen molar-refractivity contribution in [3.05, 3.63) is 24.3 Å². The van der Waals surface area contributed by atoms with E-state index in [1.165, 1.54) is 0 Å². The highest BCUT2D eigenvalue weighted by atomic mass is 16.5. The van der Waals surface area contributed by atoms with Gasteiger partial charge in [-0.05, 0) is 31.2 Å². The standard InChI is InChI=1S/C15H24N4O2/c1-2-21-14-5-3-13(4-6-14)18-15(20)17-9-12-19-10-7-16-8-11-19/h3-6,16H,2,7-12H2,1H3,(H2,17,18,20). The molecule has 3 N–H and O–H groups in total. The average molecular weight is 292 g/mol. The molecule has 1 aliphatic rings.